The lowest BCUT2D eigenvalue weighted by Gasteiger charge is -2.33. The van der Waals surface area contributed by atoms with Crippen LogP contribution in [0.4, 0.5) is 5.82 Å². The zero-order valence-electron chi connectivity index (χ0n) is 22.7. The maximum atomic E-state index is 10.1. The standard InChI is InChI=1S/C30H35ClN6O2/c1-19-28(27-17-33-25-11-7-8-12-26(25)34-27)35-29(36-30(19)37(3)22-9-5-4-6-10-22)20-13-21(31)15-24(14-20)39-18-23(38)16-32-2/h7-8,11-15,17,22-23,32,38H,4-6,9-10,16,18H2,1-3H3. The number of hydrogen-bond donors (Lipinski definition) is 2. The number of ether oxygens (including phenoxy) is 1. The predicted molar refractivity (Wildman–Crippen MR) is 156 cm³/mol. The van der Waals surface area contributed by atoms with E-state index >= 15 is 0 Å². The van der Waals surface area contributed by atoms with Gasteiger partial charge in [0, 0.05) is 35.8 Å². The normalized spacial score (nSPS) is 14.9. The third-order valence-corrected chi connectivity index (χ3v) is 7.50. The van der Waals surface area contributed by atoms with Crippen LogP contribution in [0.1, 0.15) is 37.7 Å². The van der Waals surface area contributed by atoms with Gasteiger partial charge in [-0.15, -0.1) is 0 Å². The van der Waals surface area contributed by atoms with Gasteiger partial charge in [-0.25, -0.2) is 15.0 Å². The highest BCUT2D eigenvalue weighted by molar-refractivity contribution is 6.31. The minimum absolute atomic E-state index is 0.142. The van der Waals surface area contributed by atoms with Gasteiger partial charge in [0.25, 0.3) is 0 Å². The Labute approximate surface area is 234 Å². The summed E-state index contributed by atoms with van der Waals surface area (Å²) in [5.41, 5.74) is 4.78. The number of hydrogen-bond acceptors (Lipinski definition) is 8. The summed E-state index contributed by atoms with van der Waals surface area (Å²) < 4.78 is 5.86. The quantitative estimate of drug-likeness (QED) is 0.286. The molecule has 1 aliphatic carbocycles. The van der Waals surface area contributed by atoms with E-state index in [1.54, 1.807) is 19.3 Å². The number of likely N-dealkylation sites (N-methyl/N-ethyl adjacent to an activating group) is 1. The van der Waals surface area contributed by atoms with Crippen molar-refractivity contribution < 1.29 is 9.84 Å². The molecule has 2 aromatic carbocycles. The number of nitrogens with zero attached hydrogens (tertiary/aromatic N) is 5. The van der Waals surface area contributed by atoms with Crippen molar-refractivity contribution in [1.29, 1.82) is 0 Å². The van der Waals surface area contributed by atoms with Crippen molar-refractivity contribution in [3.63, 3.8) is 0 Å². The van der Waals surface area contributed by atoms with Crippen molar-refractivity contribution >= 4 is 28.5 Å². The van der Waals surface area contributed by atoms with Crippen molar-refractivity contribution in [3.05, 3.63) is 59.2 Å². The summed E-state index contributed by atoms with van der Waals surface area (Å²) >= 11 is 6.51. The molecule has 39 heavy (non-hydrogen) atoms. The van der Waals surface area contributed by atoms with Crippen LogP contribution in [0.3, 0.4) is 0 Å². The summed E-state index contributed by atoms with van der Waals surface area (Å²) in [6.07, 6.45) is 7.16. The van der Waals surface area contributed by atoms with Crippen LogP contribution in [0.5, 0.6) is 5.75 Å². The molecule has 0 spiro atoms. The molecule has 8 nitrogen and oxygen atoms in total. The number of para-hydroxylation sites is 2. The largest absolute Gasteiger partial charge is 0.491 e. The average Bonchev–Trinajstić information content (AvgIpc) is 2.96. The van der Waals surface area contributed by atoms with Crippen LogP contribution in [0, 0.1) is 6.92 Å². The van der Waals surface area contributed by atoms with Crippen molar-refractivity contribution in [1.82, 2.24) is 25.3 Å². The summed E-state index contributed by atoms with van der Waals surface area (Å²) in [6, 6.07) is 13.7. The topological polar surface area (TPSA) is 96.3 Å². The molecule has 0 bridgehead atoms. The van der Waals surface area contributed by atoms with Gasteiger partial charge in [-0.05, 0) is 57.1 Å². The molecule has 1 saturated carbocycles. The fraction of sp³-hybridized carbons (Fsp3) is 0.400. The summed E-state index contributed by atoms with van der Waals surface area (Å²) in [6.45, 7) is 2.63. The number of rotatable bonds is 9. The summed E-state index contributed by atoms with van der Waals surface area (Å²) in [5.74, 6) is 1.96. The van der Waals surface area contributed by atoms with Crippen molar-refractivity contribution in [2.24, 2.45) is 0 Å². The lowest BCUT2D eigenvalue weighted by atomic mass is 9.94. The van der Waals surface area contributed by atoms with Gasteiger partial charge >= 0.3 is 0 Å². The highest BCUT2D eigenvalue weighted by Gasteiger charge is 2.24. The van der Waals surface area contributed by atoms with Crippen molar-refractivity contribution in [2.75, 3.05) is 32.1 Å². The Balaban J connectivity index is 1.60. The number of aliphatic hydroxyl groups is 1. The predicted octanol–water partition coefficient (Wildman–Crippen LogP) is 5.44. The fourth-order valence-corrected chi connectivity index (χ4v) is 5.43. The lowest BCUT2D eigenvalue weighted by molar-refractivity contribution is 0.108. The molecule has 1 atom stereocenters. The van der Waals surface area contributed by atoms with E-state index in [2.05, 4.69) is 29.2 Å². The number of anilines is 1. The Morgan fingerprint density at radius 2 is 1.85 bits per heavy atom. The first-order valence-corrected chi connectivity index (χ1v) is 13.9. The van der Waals surface area contributed by atoms with E-state index in [1.807, 2.05) is 36.4 Å². The highest BCUT2D eigenvalue weighted by Crippen LogP contribution is 2.35. The lowest BCUT2D eigenvalue weighted by Crippen LogP contribution is -2.34. The number of halogens is 1. The zero-order chi connectivity index (χ0) is 27.4. The Bertz CT molecular complexity index is 1440. The second-order valence-corrected chi connectivity index (χ2v) is 10.6. The summed E-state index contributed by atoms with van der Waals surface area (Å²) in [7, 11) is 3.91. The minimum atomic E-state index is -0.637. The van der Waals surface area contributed by atoms with Gasteiger partial charge in [0.15, 0.2) is 5.82 Å². The van der Waals surface area contributed by atoms with Gasteiger partial charge in [0.05, 0.1) is 22.9 Å². The Morgan fingerprint density at radius 3 is 2.62 bits per heavy atom. The molecular formula is C30H35ClN6O2. The van der Waals surface area contributed by atoms with E-state index in [9.17, 15) is 5.11 Å². The van der Waals surface area contributed by atoms with E-state index < -0.39 is 6.10 Å². The van der Waals surface area contributed by atoms with Gasteiger partial charge in [-0.1, -0.05) is 43.0 Å². The molecule has 1 aliphatic rings. The van der Waals surface area contributed by atoms with Crippen LogP contribution in [-0.4, -0.2) is 64.4 Å². The van der Waals surface area contributed by atoms with Gasteiger partial charge in [0.1, 0.15) is 30.0 Å². The fourth-order valence-electron chi connectivity index (χ4n) is 5.20. The first-order valence-electron chi connectivity index (χ1n) is 13.5. The molecule has 1 unspecified atom stereocenters. The molecule has 9 heteroatoms. The molecular weight excluding hydrogens is 512 g/mol. The smallest absolute Gasteiger partial charge is 0.162 e. The molecule has 4 aromatic rings. The molecule has 5 rings (SSSR count). The maximum Gasteiger partial charge on any atom is 0.162 e. The van der Waals surface area contributed by atoms with E-state index in [4.69, 9.17) is 31.3 Å². The maximum absolute atomic E-state index is 10.1. The summed E-state index contributed by atoms with van der Waals surface area (Å²) in [5, 5.41) is 13.5. The molecule has 0 radical (unpaired) electrons. The first-order chi connectivity index (χ1) is 18.9. The minimum Gasteiger partial charge on any atom is -0.491 e. The molecule has 0 aliphatic heterocycles. The van der Waals surface area contributed by atoms with E-state index in [1.165, 1.54) is 19.3 Å². The van der Waals surface area contributed by atoms with E-state index in [-0.39, 0.29) is 6.61 Å². The third kappa shape index (κ3) is 6.30. The highest BCUT2D eigenvalue weighted by atomic mass is 35.5. The molecule has 204 valence electrons. The van der Waals surface area contributed by atoms with Gasteiger partial charge < -0.3 is 20.1 Å². The van der Waals surface area contributed by atoms with E-state index in [0.717, 1.165) is 46.5 Å². The first kappa shape index (κ1) is 27.2. The molecule has 2 heterocycles. The second-order valence-electron chi connectivity index (χ2n) is 10.2. The van der Waals surface area contributed by atoms with Crippen molar-refractivity contribution in [2.45, 2.75) is 51.2 Å². The number of nitrogens with one attached hydrogen (secondary N) is 1. The Hall–Kier alpha value is -3.33. The average molecular weight is 547 g/mol. The Kier molecular flexibility index (Phi) is 8.55. The summed E-state index contributed by atoms with van der Waals surface area (Å²) in [4.78, 5) is 21.9. The van der Waals surface area contributed by atoms with Gasteiger partial charge in [-0.3, -0.25) is 4.98 Å². The zero-order valence-corrected chi connectivity index (χ0v) is 23.4. The number of aromatic nitrogens is 4. The number of fused-ring (bicyclic) bond motifs is 1. The third-order valence-electron chi connectivity index (χ3n) is 7.28. The molecule has 2 aromatic heterocycles. The Morgan fingerprint density at radius 1 is 1.08 bits per heavy atom. The van der Waals surface area contributed by atoms with Crippen LogP contribution >= 0.6 is 11.6 Å². The van der Waals surface area contributed by atoms with Crippen LogP contribution < -0.4 is 15.0 Å². The van der Waals surface area contributed by atoms with Crippen LogP contribution in [0.25, 0.3) is 33.8 Å². The van der Waals surface area contributed by atoms with Gasteiger partial charge in [0.2, 0.25) is 0 Å². The SMILES string of the molecule is CNCC(O)COc1cc(Cl)cc(-c2nc(-c3cnc4ccccc4n3)c(C)c(N(C)C3CCCCC3)n2)c1. The van der Waals surface area contributed by atoms with Crippen molar-refractivity contribution in [3.8, 4) is 28.5 Å². The molecule has 1 fully saturated rings. The van der Waals surface area contributed by atoms with E-state index in [0.29, 0.717) is 34.9 Å². The molecule has 0 saturated heterocycles. The second kappa shape index (κ2) is 12.2. The molecule has 2 N–H and O–H groups in total. The van der Waals surface area contributed by atoms with Gasteiger partial charge in [-0.2, -0.15) is 0 Å². The van der Waals surface area contributed by atoms with Crippen LogP contribution in [0.15, 0.2) is 48.7 Å². The monoisotopic (exact) mass is 546 g/mol. The van der Waals surface area contributed by atoms with Crippen LogP contribution in [0.2, 0.25) is 5.02 Å². The molecule has 0 amide bonds. The number of benzene rings is 2. The number of aliphatic hydroxyl groups excluding tert-OH is 1. The van der Waals surface area contributed by atoms with Crippen LogP contribution in [-0.2, 0) is 0 Å².